The number of carbonyl (C=O) groups excluding carboxylic acids is 1. The molecule has 0 spiro atoms. The minimum Gasteiger partial charge on any atom is -1.00 e. The fraction of sp³-hybridized carbons (Fsp3) is 0.750. The van der Waals surface area contributed by atoms with E-state index in [9.17, 15) is 4.79 Å². The molecule has 2 aliphatic carbocycles. The van der Waals surface area contributed by atoms with Crippen molar-refractivity contribution in [2.24, 2.45) is 11.8 Å². The van der Waals surface area contributed by atoms with Crippen LogP contribution in [0.3, 0.4) is 0 Å². The summed E-state index contributed by atoms with van der Waals surface area (Å²) in [6.45, 7) is 13.6. The van der Waals surface area contributed by atoms with Crippen molar-refractivity contribution in [3.05, 3.63) is 13.8 Å². The average Bonchev–Trinajstić information content (AvgIpc) is 3.35. The smallest absolute Gasteiger partial charge is 1.00 e. The Morgan fingerprint density at radius 2 is 1.62 bits per heavy atom. The Morgan fingerprint density at radius 1 is 1.19 bits per heavy atom. The maximum Gasteiger partial charge on any atom is 2.00 e. The molecule has 0 aliphatic heterocycles. The van der Waals surface area contributed by atoms with Gasteiger partial charge in [0.2, 0.25) is 0 Å². The standard InChI is InChI=1S/C6H10O.C4H5N.C4H10O.C2H4.BrH.Mg/c1-2-6(7)5-3-4-5;5-3-4-1-2-4;1-3-5-4-2;1-2;;/h5H,2-4H2,1H3;4H,1-2H2;3-4H2,1-2H3;1-2H2;1H;/q;;;;;+2/p-1. The maximum atomic E-state index is 10.6. The minimum absolute atomic E-state index is 0. The van der Waals surface area contributed by atoms with Crippen LogP contribution in [0.4, 0.5) is 0 Å². The molecule has 0 aromatic carbocycles. The molecule has 2 fully saturated rings. The second-order valence-corrected chi connectivity index (χ2v) is 4.28. The first-order valence-electron chi connectivity index (χ1n) is 7.19. The van der Waals surface area contributed by atoms with Crippen molar-refractivity contribution in [1.82, 2.24) is 0 Å². The molecule has 21 heavy (non-hydrogen) atoms. The Kier molecular flexibility index (Phi) is 31.4. The van der Waals surface area contributed by atoms with Gasteiger partial charge in [-0.1, -0.05) is 13.8 Å². The first kappa shape index (κ1) is 29.3. The Labute approximate surface area is 158 Å². The Balaban J connectivity index is -0.0000000948. The van der Waals surface area contributed by atoms with Gasteiger partial charge in [-0.3, -0.25) is 4.79 Å². The molecule has 118 valence electrons. The molecule has 5 heteroatoms. The molecule has 0 saturated heterocycles. The fourth-order valence-corrected chi connectivity index (χ4v) is 1.11. The zero-order valence-corrected chi connectivity index (χ0v) is 16.9. The topological polar surface area (TPSA) is 50.1 Å². The molecule has 0 aromatic rings. The largest absolute Gasteiger partial charge is 2.00 e. The molecule has 0 bridgehead atoms. The number of nitriles is 1. The summed E-state index contributed by atoms with van der Waals surface area (Å²) in [6.07, 6.45) is 5.36. The molecule has 2 aliphatic rings. The fourth-order valence-electron chi connectivity index (χ4n) is 1.11. The molecule has 3 nitrogen and oxygen atoms in total. The number of Topliss-reactive ketones (excluding diaryl/α,β-unsaturated/α-hetero) is 1. The number of ether oxygens (including phenoxy) is 1. The summed E-state index contributed by atoms with van der Waals surface area (Å²) in [5, 5.41) is 7.96. The van der Waals surface area contributed by atoms with Crippen LogP contribution in [0, 0.1) is 37.0 Å². The molecule has 0 aromatic heterocycles. The third-order valence-corrected chi connectivity index (χ3v) is 2.55. The summed E-state index contributed by atoms with van der Waals surface area (Å²) < 4.78 is 4.83. The normalized spacial score (nSPS) is 13.9. The number of carbonyl (C=O) groups is 1. The molecular formula is C16H29BrMgNO2+. The van der Waals surface area contributed by atoms with Crippen molar-refractivity contribution >= 4 is 28.8 Å². The SMILES string of the molecule is CCC(=O)C1CC1.CCOCC.N#CC1CC1.[Br-].[CH2+][CH2-].[Mg+2]. The maximum absolute atomic E-state index is 10.6. The summed E-state index contributed by atoms with van der Waals surface area (Å²) in [6, 6.07) is 2.14. The minimum atomic E-state index is 0. The van der Waals surface area contributed by atoms with Crippen LogP contribution < -0.4 is 17.0 Å². The van der Waals surface area contributed by atoms with Gasteiger partial charge in [0.1, 0.15) is 5.78 Å². The molecule has 2 saturated carbocycles. The molecule has 0 heterocycles. The van der Waals surface area contributed by atoms with E-state index in [1.165, 1.54) is 0 Å². The summed E-state index contributed by atoms with van der Waals surface area (Å²) >= 11 is 0. The third-order valence-electron chi connectivity index (χ3n) is 2.55. The second kappa shape index (κ2) is 22.5. The van der Waals surface area contributed by atoms with Gasteiger partial charge in [-0.15, -0.1) is 0 Å². The predicted molar refractivity (Wildman–Crippen MR) is 85.0 cm³/mol. The summed E-state index contributed by atoms with van der Waals surface area (Å²) in [7, 11) is 0. The van der Waals surface area contributed by atoms with Crippen LogP contribution in [0.25, 0.3) is 0 Å². The Hall–Kier alpha value is 0.236. The summed E-state index contributed by atoms with van der Waals surface area (Å²) in [5.41, 5.74) is 0. The van der Waals surface area contributed by atoms with Gasteiger partial charge in [0.15, 0.2) is 0 Å². The van der Waals surface area contributed by atoms with Gasteiger partial charge in [-0.2, -0.15) is 12.2 Å². The van der Waals surface area contributed by atoms with Crippen molar-refractivity contribution < 1.29 is 26.5 Å². The van der Waals surface area contributed by atoms with E-state index >= 15 is 0 Å². The summed E-state index contributed by atoms with van der Waals surface area (Å²) in [5.74, 6) is 1.37. The van der Waals surface area contributed by atoms with Gasteiger partial charge < -0.3 is 21.7 Å². The average molecular weight is 372 g/mol. The van der Waals surface area contributed by atoms with Crippen molar-refractivity contribution in [3.8, 4) is 6.07 Å². The van der Waals surface area contributed by atoms with E-state index in [0.717, 1.165) is 45.3 Å². The first-order valence-corrected chi connectivity index (χ1v) is 7.19. The predicted octanol–water partition coefficient (Wildman–Crippen LogP) is 0.616. The van der Waals surface area contributed by atoms with Gasteiger partial charge in [0.25, 0.3) is 0 Å². The molecule has 0 unspecified atom stereocenters. The van der Waals surface area contributed by atoms with E-state index in [0.29, 0.717) is 17.6 Å². The van der Waals surface area contributed by atoms with Gasteiger partial charge >= 0.3 is 23.1 Å². The van der Waals surface area contributed by atoms with Gasteiger partial charge in [0, 0.05) is 31.5 Å². The van der Waals surface area contributed by atoms with Crippen LogP contribution >= 0.6 is 0 Å². The molecule has 0 atom stereocenters. The van der Waals surface area contributed by atoms with Crippen LogP contribution in [-0.4, -0.2) is 42.0 Å². The van der Waals surface area contributed by atoms with Crippen molar-refractivity contribution in [2.75, 3.05) is 13.2 Å². The number of nitrogens with zero attached hydrogens (tertiary/aromatic N) is 1. The molecule has 2 rings (SSSR count). The number of ketones is 1. The molecule has 0 N–H and O–H groups in total. The molecule has 0 amide bonds. The second-order valence-electron chi connectivity index (χ2n) is 4.28. The monoisotopic (exact) mass is 370 g/mol. The van der Waals surface area contributed by atoms with Gasteiger partial charge in [0.05, 0.1) is 6.07 Å². The van der Waals surface area contributed by atoms with Crippen molar-refractivity contribution in [2.45, 2.75) is 52.9 Å². The van der Waals surface area contributed by atoms with Gasteiger partial charge in [-0.25, -0.2) is 0 Å². The van der Waals surface area contributed by atoms with E-state index < -0.39 is 0 Å². The van der Waals surface area contributed by atoms with E-state index in [1.807, 2.05) is 20.8 Å². The number of hydrogen-bond donors (Lipinski definition) is 0. The van der Waals surface area contributed by atoms with E-state index in [-0.39, 0.29) is 40.0 Å². The number of hydrogen-bond acceptors (Lipinski definition) is 3. The zero-order valence-electron chi connectivity index (χ0n) is 13.9. The van der Waals surface area contributed by atoms with Crippen LogP contribution in [0.15, 0.2) is 0 Å². The molecule has 0 radical (unpaired) electrons. The van der Waals surface area contributed by atoms with Crippen LogP contribution in [0.1, 0.15) is 52.9 Å². The number of halogens is 1. The summed E-state index contributed by atoms with van der Waals surface area (Å²) in [4.78, 5) is 10.6. The van der Waals surface area contributed by atoms with Crippen LogP contribution in [0.5, 0.6) is 0 Å². The van der Waals surface area contributed by atoms with E-state index in [1.54, 1.807) is 0 Å². The third kappa shape index (κ3) is 25.5. The van der Waals surface area contributed by atoms with Crippen molar-refractivity contribution in [1.29, 1.82) is 5.26 Å². The van der Waals surface area contributed by atoms with Gasteiger partial charge in [-0.05, 0) is 39.5 Å². The zero-order chi connectivity index (χ0) is 15.1. The Bertz CT molecular complexity index is 247. The van der Waals surface area contributed by atoms with E-state index in [2.05, 4.69) is 19.9 Å². The van der Waals surface area contributed by atoms with Crippen molar-refractivity contribution in [3.63, 3.8) is 0 Å². The Morgan fingerprint density at radius 3 is 1.67 bits per heavy atom. The van der Waals surface area contributed by atoms with Crippen LogP contribution in [-0.2, 0) is 9.53 Å². The first-order chi connectivity index (χ1) is 9.19. The van der Waals surface area contributed by atoms with E-state index in [4.69, 9.17) is 10.00 Å². The number of rotatable bonds is 4. The molecular weight excluding hydrogens is 342 g/mol. The van der Waals surface area contributed by atoms with Crippen LogP contribution in [0.2, 0.25) is 0 Å². The quantitative estimate of drug-likeness (QED) is 0.538.